The van der Waals surface area contributed by atoms with Crippen LogP contribution in [-0.2, 0) is 27.3 Å². The smallest absolute Gasteiger partial charge is 0.341 e. The number of rotatable bonds is 7. The molecule has 0 spiro atoms. The monoisotopic (exact) mass is 389 g/mol. The van der Waals surface area contributed by atoms with Gasteiger partial charge in [0, 0.05) is 24.6 Å². The lowest BCUT2D eigenvalue weighted by Gasteiger charge is -2.20. The van der Waals surface area contributed by atoms with Crippen molar-refractivity contribution in [3.63, 3.8) is 0 Å². The van der Waals surface area contributed by atoms with E-state index >= 15 is 0 Å². The third kappa shape index (κ3) is 4.86. The first kappa shape index (κ1) is 21.8. The highest BCUT2D eigenvalue weighted by Crippen LogP contribution is 2.41. The topological polar surface area (TPSA) is 73.9 Å². The van der Waals surface area contributed by atoms with Crippen molar-refractivity contribution in [2.45, 2.75) is 66.1 Å². The highest BCUT2D eigenvalue weighted by Gasteiger charge is 2.31. The number of esters is 2. The number of allylic oxidation sites excluding steroid dienone is 2. The summed E-state index contributed by atoms with van der Waals surface area (Å²) in [6.45, 7) is 9.79. The van der Waals surface area contributed by atoms with Crippen LogP contribution in [0, 0.1) is 6.92 Å². The fourth-order valence-electron chi connectivity index (χ4n) is 3.40. The van der Waals surface area contributed by atoms with Gasteiger partial charge < -0.3 is 19.5 Å². The molecule has 0 atom stereocenters. The van der Waals surface area contributed by atoms with Crippen LogP contribution in [0.25, 0.3) is 0 Å². The summed E-state index contributed by atoms with van der Waals surface area (Å²) in [5, 5.41) is 3.14. The molecule has 0 saturated heterocycles. The first-order valence-electron chi connectivity index (χ1n) is 9.53. The average molecular weight is 389 g/mol. The molecule has 0 aliphatic carbocycles. The zero-order valence-corrected chi connectivity index (χ0v) is 17.9. The maximum Gasteiger partial charge on any atom is 0.341 e. The summed E-state index contributed by atoms with van der Waals surface area (Å²) in [4.78, 5) is 24.1. The predicted octanol–water partition coefficient (Wildman–Crippen LogP) is 4.33. The van der Waals surface area contributed by atoms with Crippen molar-refractivity contribution in [1.29, 1.82) is 0 Å². The highest BCUT2D eigenvalue weighted by atomic mass is 16.6. The molecule has 1 heterocycles. The molecule has 0 fully saturated rings. The summed E-state index contributed by atoms with van der Waals surface area (Å²) < 4.78 is 16.2. The number of carbonyl (C=O) groups is 2. The van der Waals surface area contributed by atoms with E-state index in [1.807, 2.05) is 34.6 Å². The number of carbonyl (C=O) groups excluding carboxylic acids is 2. The summed E-state index contributed by atoms with van der Waals surface area (Å²) in [7, 11) is 3.42. The summed E-state index contributed by atoms with van der Waals surface area (Å²) in [5.41, 5.74) is 4.66. The maximum atomic E-state index is 12.2. The number of benzene rings is 1. The van der Waals surface area contributed by atoms with Crippen LogP contribution in [0.5, 0.6) is 5.75 Å². The van der Waals surface area contributed by atoms with E-state index in [4.69, 9.17) is 14.2 Å². The Morgan fingerprint density at radius 2 is 1.96 bits per heavy atom. The number of fused-ring (bicyclic) bond motifs is 1. The van der Waals surface area contributed by atoms with Gasteiger partial charge in [-0.15, -0.1) is 0 Å². The van der Waals surface area contributed by atoms with Crippen molar-refractivity contribution in [1.82, 2.24) is 0 Å². The maximum absolute atomic E-state index is 12.2. The average Bonchev–Trinajstić information content (AvgIpc) is 2.99. The van der Waals surface area contributed by atoms with Crippen LogP contribution in [0.2, 0.25) is 0 Å². The van der Waals surface area contributed by atoms with Crippen molar-refractivity contribution in [2.75, 3.05) is 19.5 Å². The Bertz CT molecular complexity index is 802. The second-order valence-electron chi connectivity index (χ2n) is 8.03. The van der Waals surface area contributed by atoms with Crippen LogP contribution in [0.3, 0.4) is 0 Å². The summed E-state index contributed by atoms with van der Waals surface area (Å²) in [6, 6.07) is 0. The number of methoxy groups -OCH3 is 1. The second-order valence-corrected chi connectivity index (χ2v) is 8.03. The Balaban J connectivity index is 2.22. The highest BCUT2D eigenvalue weighted by molar-refractivity contribution is 6.01. The first-order chi connectivity index (χ1) is 13.1. The molecule has 0 aromatic heterocycles. The van der Waals surface area contributed by atoms with Gasteiger partial charge in [-0.2, -0.15) is 0 Å². The number of hydrogen-bond donors (Lipinski definition) is 1. The van der Waals surface area contributed by atoms with E-state index in [-0.39, 0.29) is 18.5 Å². The van der Waals surface area contributed by atoms with Gasteiger partial charge in [-0.05, 0) is 53.0 Å². The minimum atomic E-state index is -0.472. The fourth-order valence-corrected chi connectivity index (χ4v) is 3.40. The Kier molecular flexibility index (Phi) is 6.75. The Hall–Kier alpha value is -2.50. The van der Waals surface area contributed by atoms with Gasteiger partial charge in [-0.25, -0.2) is 4.79 Å². The van der Waals surface area contributed by atoms with Gasteiger partial charge in [-0.3, -0.25) is 4.79 Å². The molecule has 0 radical (unpaired) electrons. The molecule has 6 nitrogen and oxygen atoms in total. The molecule has 0 amide bonds. The van der Waals surface area contributed by atoms with E-state index in [0.29, 0.717) is 24.8 Å². The largest absolute Gasteiger partial charge is 0.496 e. The van der Waals surface area contributed by atoms with Crippen LogP contribution < -0.4 is 10.1 Å². The van der Waals surface area contributed by atoms with Gasteiger partial charge in [0.15, 0.2) is 0 Å². The first-order valence-corrected chi connectivity index (χ1v) is 9.53. The lowest BCUT2D eigenvalue weighted by molar-refractivity contribution is -0.154. The number of anilines is 1. The van der Waals surface area contributed by atoms with E-state index in [1.54, 1.807) is 14.2 Å². The van der Waals surface area contributed by atoms with Gasteiger partial charge in [0.2, 0.25) is 0 Å². The molecule has 6 heteroatoms. The van der Waals surface area contributed by atoms with Crippen LogP contribution >= 0.6 is 0 Å². The van der Waals surface area contributed by atoms with Crippen molar-refractivity contribution >= 4 is 17.6 Å². The third-order valence-electron chi connectivity index (χ3n) is 4.72. The van der Waals surface area contributed by atoms with Crippen LogP contribution in [0.15, 0.2) is 11.6 Å². The van der Waals surface area contributed by atoms with Crippen LogP contribution in [0.4, 0.5) is 5.69 Å². The van der Waals surface area contributed by atoms with Gasteiger partial charge in [0.05, 0.1) is 18.4 Å². The van der Waals surface area contributed by atoms with Gasteiger partial charge in [0.1, 0.15) is 18.0 Å². The Morgan fingerprint density at radius 3 is 2.54 bits per heavy atom. The van der Waals surface area contributed by atoms with E-state index in [1.165, 1.54) is 0 Å². The molecule has 1 aromatic rings. The third-order valence-corrected chi connectivity index (χ3v) is 4.72. The minimum absolute atomic E-state index is 0.204. The van der Waals surface area contributed by atoms with Gasteiger partial charge >= 0.3 is 11.9 Å². The summed E-state index contributed by atoms with van der Waals surface area (Å²) in [5.74, 6) is 0.249. The van der Waals surface area contributed by atoms with Crippen molar-refractivity contribution in [2.24, 2.45) is 0 Å². The van der Waals surface area contributed by atoms with Crippen molar-refractivity contribution in [3.8, 4) is 5.75 Å². The second kappa shape index (κ2) is 8.67. The van der Waals surface area contributed by atoms with Crippen molar-refractivity contribution in [3.05, 3.63) is 33.9 Å². The van der Waals surface area contributed by atoms with Crippen molar-refractivity contribution < 1.29 is 23.8 Å². The normalized spacial score (nSPS) is 13.8. The Labute approximate surface area is 167 Å². The molecule has 1 aliphatic heterocycles. The zero-order valence-electron chi connectivity index (χ0n) is 17.9. The quantitative estimate of drug-likeness (QED) is 0.553. The molecule has 154 valence electrons. The predicted molar refractivity (Wildman–Crippen MR) is 109 cm³/mol. The zero-order chi connectivity index (χ0) is 21.1. The summed E-state index contributed by atoms with van der Waals surface area (Å²) in [6.07, 6.45) is 3.61. The number of hydrogen-bond acceptors (Lipinski definition) is 6. The lowest BCUT2D eigenvalue weighted by Crippen LogP contribution is -2.23. The summed E-state index contributed by atoms with van der Waals surface area (Å²) >= 11 is 0. The number of cyclic esters (lactones) is 1. The van der Waals surface area contributed by atoms with E-state index in [2.05, 4.69) is 11.4 Å². The molecule has 0 saturated carbocycles. The molecule has 2 rings (SSSR count). The lowest BCUT2D eigenvalue weighted by atomic mass is 9.93. The fraction of sp³-hybridized carbons (Fsp3) is 0.545. The standard InChI is InChI=1S/C22H31NO5/c1-13(9-11-17(24)28-22(3,4)5)8-10-15-19(23-6)18-16(12-27-21(18)25)14(2)20(15)26-7/h8,23H,9-12H2,1-7H3. The van der Waals surface area contributed by atoms with E-state index in [0.717, 1.165) is 33.7 Å². The Morgan fingerprint density at radius 1 is 1.29 bits per heavy atom. The molecule has 1 aromatic carbocycles. The van der Waals surface area contributed by atoms with Gasteiger partial charge in [0.25, 0.3) is 0 Å². The molecular weight excluding hydrogens is 358 g/mol. The van der Waals surface area contributed by atoms with E-state index in [9.17, 15) is 9.59 Å². The molecule has 1 aliphatic rings. The molecular formula is C22H31NO5. The minimum Gasteiger partial charge on any atom is -0.496 e. The number of nitrogens with one attached hydrogen (secondary N) is 1. The molecule has 0 bridgehead atoms. The van der Waals surface area contributed by atoms with Crippen LogP contribution in [0.1, 0.15) is 67.6 Å². The molecule has 0 unspecified atom stereocenters. The molecule has 1 N–H and O–H groups in total. The molecule has 28 heavy (non-hydrogen) atoms. The van der Waals surface area contributed by atoms with E-state index < -0.39 is 5.60 Å². The van der Waals surface area contributed by atoms with Gasteiger partial charge in [-0.1, -0.05) is 11.6 Å². The SMILES string of the molecule is CNc1c(CC=C(C)CCC(=O)OC(C)(C)C)c(OC)c(C)c2c1C(=O)OC2. The van der Waals surface area contributed by atoms with Crippen LogP contribution in [-0.4, -0.2) is 31.7 Å². The number of ether oxygens (including phenoxy) is 3.